The van der Waals surface area contributed by atoms with Crippen LogP contribution in [0.5, 0.6) is 0 Å². The first-order valence-corrected chi connectivity index (χ1v) is 4.91. The summed E-state index contributed by atoms with van der Waals surface area (Å²) in [5.41, 5.74) is -0.307. The molecule has 0 aliphatic carbocycles. The van der Waals surface area contributed by atoms with Gasteiger partial charge in [0.1, 0.15) is 11.8 Å². The van der Waals surface area contributed by atoms with Gasteiger partial charge in [0.25, 0.3) is 0 Å². The molecule has 0 aromatic carbocycles. The average molecular weight is 250 g/mol. The second-order valence-electron chi connectivity index (χ2n) is 3.37. The van der Waals surface area contributed by atoms with E-state index in [9.17, 15) is 13.2 Å². The average Bonchev–Trinajstić information content (AvgIpc) is 2.58. The minimum atomic E-state index is -4.43. The fraction of sp³-hybridized carbons (Fsp3) is 0.300. The molecule has 86 valence electrons. The summed E-state index contributed by atoms with van der Waals surface area (Å²) in [6, 6.07) is 1.30. The molecular formula is C10H7ClF3NO. The molecule has 1 unspecified atom stereocenters. The summed E-state index contributed by atoms with van der Waals surface area (Å²) in [5.74, 6) is 0. The topological polar surface area (TPSA) is 26.0 Å². The van der Waals surface area contributed by atoms with Crippen LogP contribution in [0.15, 0.2) is 22.9 Å². The maximum atomic E-state index is 12.6. The zero-order valence-corrected chi connectivity index (χ0v) is 8.93. The summed E-state index contributed by atoms with van der Waals surface area (Å²) in [5, 5.41) is -0.453. The highest BCUT2D eigenvalue weighted by Crippen LogP contribution is 2.36. The normalized spacial score (nSPS) is 14.3. The van der Waals surface area contributed by atoms with Crippen LogP contribution in [-0.2, 0) is 6.18 Å². The fourth-order valence-electron chi connectivity index (χ4n) is 1.39. The lowest BCUT2D eigenvalue weighted by atomic mass is 10.1. The summed E-state index contributed by atoms with van der Waals surface area (Å²) >= 11 is 5.76. The van der Waals surface area contributed by atoms with Crippen molar-refractivity contribution in [1.29, 1.82) is 0 Å². The van der Waals surface area contributed by atoms with Crippen molar-refractivity contribution >= 4 is 22.6 Å². The number of hydrogen-bond acceptors (Lipinski definition) is 2. The predicted molar refractivity (Wildman–Crippen MR) is 53.3 cm³/mol. The molecule has 2 rings (SSSR count). The van der Waals surface area contributed by atoms with E-state index in [1.54, 1.807) is 6.92 Å². The fourth-order valence-corrected chi connectivity index (χ4v) is 1.51. The molecule has 0 saturated carbocycles. The van der Waals surface area contributed by atoms with Crippen molar-refractivity contribution in [2.75, 3.05) is 0 Å². The van der Waals surface area contributed by atoms with E-state index in [1.807, 2.05) is 0 Å². The summed E-state index contributed by atoms with van der Waals surface area (Å²) in [6.07, 6.45) is -2.49. The molecule has 2 heterocycles. The Morgan fingerprint density at radius 2 is 2.12 bits per heavy atom. The number of nitrogens with zero attached hydrogens (tertiary/aromatic N) is 1. The van der Waals surface area contributed by atoms with Gasteiger partial charge >= 0.3 is 6.18 Å². The van der Waals surface area contributed by atoms with Crippen molar-refractivity contribution in [3.63, 3.8) is 0 Å². The minimum absolute atomic E-state index is 0.00926. The highest BCUT2D eigenvalue weighted by molar-refractivity contribution is 6.20. The maximum absolute atomic E-state index is 12.6. The Bertz CT molecular complexity index is 518. The van der Waals surface area contributed by atoms with Crippen molar-refractivity contribution in [2.45, 2.75) is 18.5 Å². The van der Waals surface area contributed by atoms with Crippen molar-refractivity contribution in [3.05, 3.63) is 29.8 Å². The van der Waals surface area contributed by atoms with Gasteiger partial charge in [-0.3, -0.25) is 4.98 Å². The number of furan rings is 1. The highest BCUT2D eigenvalue weighted by atomic mass is 35.5. The van der Waals surface area contributed by atoms with E-state index in [0.717, 1.165) is 0 Å². The third kappa shape index (κ3) is 1.87. The van der Waals surface area contributed by atoms with Gasteiger partial charge in [0.2, 0.25) is 0 Å². The van der Waals surface area contributed by atoms with E-state index < -0.39 is 17.1 Å². The summed E-state index contributed by atoms with van der Waals surface area (Å²) in [4.78, 5) is 3.91. The molecular weight excluding hydrogens is 243 g/mol. The molecule has 0 aliphatic heterocycles. The van der Waals surface area contributed by atoms with Crippen LogP contribution in [0.4, 0.5) is 13.2 Å². The number of fused-ring (bicyclic) bond motifs is 1. The van der Waals surface area contributed by atoms with Crippen LogP contribution in [0.25, 0.3) is 11.0 Å². The molecule has 0 saturated heterocycles. The Morgan fingerprint density at radius 1 is 1.44 bits per heavy atom. The molecule has 0 fully saturated rings. The van der Waals surface area contributed by atoms with Crippen molar-refractivity contribution in [3.8, 4) is 0 Å². The van der Waals surface area contributed by atoms with Crippen LogP contribution in [0.2, 0.25) is 0 Å². The highest BCUT2D eigenvalue weighted by Gasteiger charge is 2.34. The van der Waals surface area contributed by atoms with Gasteiger partial charge in [-0.15, -0.1) is 11.6 Å². The molecule has 0 N–H and O–H groups in total. The maximum Gasteiger partial charge on any atom is 0.420 e. The molecule has 0 amide bonds. The number of aromatic nitrogens is 1. The van der Waals surface area contributed by atoms with Gasteiger partial charge in [0, 0.05) is 5.39 Å². The van der Waals surface area contributed by atoms with Crippen LogP contribution in [-0.4, -0.2) is 4.98 Å². The zero-order valence-electron chi connectivity index (χ0n) is 8.18. The van der Waals surface area contributed by atoms with Crippen molar-refractivity contribution in [1.82, 2.24) is 4.98 Å². The van der Waals surface area contributed by atoms with Crippen LogP contribution < -0.4 is 0 Å². The minimum Gasteiger partial charge on any atom is -0.462 e. The first-order chi connectivity index (χ1) is 7.39. The molecule has 2 aromatic rings. The van der Waals surface area contributed by atoms with Gasteiger partial charge in [-0.1, -0.05) is 0 Å². The Morgan fingerprint density at radius 3 is 2.69 bits per heavy atom. The SMILES string of the molecule is CC(Cl)c1cc2c(C(F)(F)F)coc2cn1. The van der Waals surface area contributed by atoms with Gasteiger partial charge in [0.15, 0.2) is 5.58 Å². The molecule has 6 heteroatoms. The number of rotatable bonds is 1. The predicted octanol–water partition coefficient (Wildman–Crippen LogP) is 4.15. The van der Waals surface area contributed by atoms with E-state index >= 15 is 0 Å². The smallest absolute Gasteiger partial charge is 0.420 e. The van der Waals surface area contributed by atoms with E-state index in [4.69, 9.17) is 16.0 Å². The molecule has 0 spiro atoms. The molecule has 16 heavy (non-hydrogen) atoms. The van der Waals surface area contributed by atoms with Crippen LogP contribution in [0.3, 0.4) is 0 Å². The summed E-state index contributed by atoms with van der Waals surface area (Å²) < 4.78 is 42.5. The van der Waals surface area contributed by atoms with E-state index in [0.29, 0.717) is 12.0 Å². The van der Waals surface area contributed by atoms with E-state index in [2.05, 4.69) is 4.98 Å². The van der Waals surface area contributed by atoms with Gasteiger partial charge in [-0.05, 0) is 13.0 Å². The van der Waals surface area contributed by atoms with E-state index in [1.165, 1.54) is 12.3 Å². The lowest BCUT2D eigenvalue weighted by molar-refractivity contribution is -0.136. The third-order valence-electron chi connectivity index (χ3n) is 2.20. The van der Waals surface area contributed by atoms with Crippen LogP contribution in [0.1, 0.15) is 23.6 Å². The number of hydrogen-bond donors (Lipinski definition) is 0. The second kappa shape index (κ2) is 3.66. The first kappa shape index (κ1) is 11.3. The standard InChI is InChI=1S/C10H7ClF3NO/c1-5(11)8-2-6-7(10(12,13)14)4-16-9(6)3-15-8/h2-5H,1H3. The van der Waals surface area contributed by atoms with Crippen molar-refractivity contribution in [2.24, 2.45) is 0 Å². The molecule has 2 aromatic heterocycles. The zero-order chi connectivity index (χ0) is 11.9. The Kier molecular flexibility index (Phi) is 2.58. The molecule has 0 radical (unpaired) electrons. The number of pyridine rings is 1. The van der Waals surface area contributed by atoms with Gasteiger partial charge < -0.3 is 4.42 Å². The second-order valence-corrected chi connectivity index (χ2v) is 4.02. The lowest BCUT2D eigenvalue weighted by Crippen LogP contribution is -2.03. The Hall–Kier alpha value is -1.23. The molecule has 2 nitrogen and oxygen atoms in total. The largest absolute Gasteiger partial charge is 0.462 e. The summed E-state index contributed by atoms with van der Waals surface area (Å²) in [7, 11) is 0. The quantitative estimate of drug-likeness (QED) is 0.710. The number of halogens is 4. The summed E-state index contributed by atoms with van der Waals surface area (Å²) in [6.45, 7) is 1.64. The van der Waals surface area contributed by atoms with Gasteiger partial charge in [0.05, 0.1) is 17.3 Å². The van der Waals surface area contributed by atoms with Crippen LogP contribution >= 0.6 is 11.6 Å². The van der Waals surface area contributed by atoms with Crippen molar-refractivity contribution < 1.29 is 17.6 Å². The number of alkyl halides is 4. The Balaban J connectivity index is 2.65. The van der Waals surface area contributed by atoms with Gasteiger partial charge in [-0.25, -0.2) is 0 Å². The molecule has 1 atom stereocenters. The lowest BCUT2D eigenvalue weighted by Gasteiger charge is -2.05. The Labute approximate surface area is 94.0 Å². The third-order valence-corrected chi connectivity index (χ3v) is 2.42. The van der Waals surface area contributed by atoms with Crippen LogP contribution in [0, 0.1) is 0 Å². The van der Waals surface area contributed by atoms with E-state index in [-0.39, 0.29) is 11.0 Å². The first-order valence-electron chi connectivity index (χ1n) is 4.48. The molecule has 0 aliphatic rings. The monoisotopic (exact) mass is 249 g/mol. The molecule has 0 bridgehead atoms. The van der Waals surface area contributed by atoms with Gasteiger partial charge in [-0.2, -0.15) is 13.2 Å².